The van der Waals surface area contributed by atoms with Crippen molar-refractivity contribution < 1.29 is 0 Å². The highest BCUT2D eigenvalue weighted by atomic mass is 15.0. The second kappa shape index (κ2) is 3.23. The standard InChI is InChI=1S/C9H16N2/c1-3-8(2)11-9(7-10)5-4-6-9/h8,11H,3-6H2,1-2H3. The lowest BCUT2D eigenvalue weighted by molar-refractivity contribution is 0.230. The number of hydrogen-bond donors (Lipinski definition) is 1. The summed E-state index contributed by atoms with van der Waals surface area (Å²) in [6.45, 7) is 4.28. The van der Waals surface area contributed by atoms with E-state index in [1.54, 1.807) is 0 Å². The quantitative estimate of drug-likeness (QED) is 0.669. The molecule has 0 heterocycles. The average molecular weight is 152 g/mol. The van der Waals surface area contributed by atoms with Crippen LogP contribution in [0.2, 0.25) is 0 Å². The third-order valence-corrected chi connectivity index (χ3v) is 2.56. The van der Waals surface area contributed by atoms with E-state index < -0.39 is 0 Å². The lowest BCUT2D eigenvalue weighted by atomic mass is 9.77. The van der Waals surface area contributed by atoms with E-state index in [9.17, 15) is 0 Å². The van der Waals surface area contributed by atoms with Crippen LogP contribution in [0.5, 0.6) is 0 Å². The second-order valence-corrected chi connectivity index (χ2v) is 3.50. The summed E-state index contributed by atoms with van der Waals surface area (Å²) in [7, 11) is 0. The van der Waals surface area contributed by atoms with Gasteiger partial charge >= 0.3 is 0 Å². The van der Waals surface area contributed by atoms with E-state index in [0.29, 0.717) is 6.04 Å². The Balaban J connectivity index is 2.40. The summed E-state index contributed by atoms with van der Waals surface area (Å²) in [5.74, 6) is 0. The topological polar surface area (TPSA) is 35.8 Å². The zero-order chi connectivity index (χ0) is 8.32. The molecule has 0 saturated heterocycles. The van der Waals surface area contributed by atoms with Gasteiger partial charge in [0.2, 0.25) is 0 Å². The molecule has 2 heteroatoms. The van der Waals surface area contributed by atoms with Crippen molar-refractivity contribution in [2.75, 3.05) is 0 Å². The van der Waals surface area contributed by atoms with Gasteiger partial charge in [-0.2, -0.15) is 5.26 Å². The summed E-state index contributed by atoms with van der Waals surface area (Å²) in [6, 6.07) is 2.85. The number of hydrogen-bond acceptors (Lipinski definition) is 2. The fraction of sp³-hybridized carbons (Fsp3) is 0.889. The fourth-order valence-corrected chi connectivity index (χ4v) is 1.39. The van der Waals surface area contributed by atoms with E-state index >= 15 is 0 Å². The van der Waals surface area contributed by atoms with Gasteiger partial charge in [-0.1, -0.05) is 6.92 Å². The Bertz CT molecular complexity index is 165. The summed E-state index contributed by atoms with van der Waals surface area (Å²) >= 11 is 0. The lowest BCUT2D eigenvalue weighted by Crippen LogP contribution is -2.53. The molecule has 0 bridgehead atoms. The van der Waals surface area contributed by atoms with Gasteiger partial charge in [-0.25, -0.2) is 0 Å². The first-order valence-corrected chi connectivity index (χ1v) is 4.41. The van der Waals surface area contributed by atoms with Crippen LogP contribution < -0.4 is 5.32 Å². The lowest BCUT2D eigenvalue weighted by Gasteiger charge is -2.38. The van der Waals surface area contributed by atoms with E-state index in [1.165, 1.54) is 6.42 Å². The van der Waals surface area contributed by atoms with E-state index in [0.717, 1.165) is 19.3 Å². The number of nitrogens with one attached hydrogen (secondary N) is 1. The van der Waals surface area contributed by atoms with Crippen LogP contribution in [0.4, 0.5) is 0 Å². The molecule has 1 aliphatic rings. The van der Waals surface area contributed by atoms with Crippen LogP contribution >= 0.6 is 0 Å². The molecule has 0 aromatic heterocycles. The average Bonchev–Trinajstić information content (AvgIpc) is 1.96. The van der Waals surface area contributed by atoms with Crippen LogP contribution in [0.25, 0.3) is 0 Å². The molecule has 1 N–H and O–H groups in total. The Hall–Kier alpha value is -0.550. The molecule has 0 aromatic carbocycles. The first-order chi connectivity index (χ1) is 5.22. The van der Waals surface area contributed by atoms with Crippen molar-refractivity contribution in [2.24, 2.45) is 0 Å². The van der Waals surface area contributed by atoms with Gasteiger partial charge in [0.1, 0.15) is 5.54 Å². The van der Waals surface area contributed by atoms with Gasteiger partial charge in [-0.3, -0.25) is 5.32 Å². The summed E-state index contributed by atoms with van der Waals surface area (Å²) in [5.41, 5.74) is -0.157. The van der Waals surface area contributed by atoms with Crippen molar-refractivity contribution in [3.05, 3.63) is 0 Å². The first-order valence-electron chi connectivity index (χ1n) is 4.41. The molecule has 62 valence electrons. The number of nitrogens with zero attached hydrogens (tertiary/aromatic N) is 1. The minimum Gasteiger partial charge on any atom is -0.297 e. The van der Waals surface area contributed by atoms with Gasteiger partial charge < -0.3 is 0 Å². The third kappa shape index (κ3) is 1.72. The minimum atomic E-state index is -0.157. The molecule has 1 saturated carbocycles. The van der Waals surface area contributed by atoms with Gasteiger partial charge in [0, 0.05) is 6.04 Å². The van der Waals surface area contributed by atoms with Gasteiger partial charge in [0.25, 0.3) is 0 Å². The zero-order valence-corrected chi connectivity index (χ0v) is 7.35. The normalized spacial score (nSPS) is 23.4. The summed E-state index contributed by atoms with van der Waals surface area (Å²) in [5, 5.41) is 12.2. The predicted molar refractivity (Wildman–Crippen MR) is 45.1 cm³/mol. The highest BCUT2D eigenvalue weighted by Crippen LogP contribution is 2.31. The van der Waals surface area contributed by atoms with Crippen molar-refractivity contribution in [2.45, 2.75) is 51.1 Å². The van der Waals surface area contributed by atoms with E-state index in [2.05, 4.69) is 25.2 Å². The maximum absolute atomic E-state index is 8.87. The van der Waals surface area contributed by atoms with Crippen LogP contribution in [-0.2, 0) is 0 Å². The largest absolute Gasteiger partial charge is 0.297 e. The molecular weight excluding hydrogens is 136 g/mol. The van der Waals surface area contributed by atoms with Crippen LogP contribution in [0, 0.1) is 11.3 Å². The smallest absolute Gasteiger partial charge is 0.106 e. The zero-order valence-electron chi connectivity index (χ0n) is 7.35. The van der Waals surface area contributed by atoms with Crippen molar-refractivity contribution in [1.82, 2.24) is 5.32 Å². The maximum Gasteiger partial charge on any atom is 0.106 e. The molecule has 0 aromatic rings. The molecule has 1 atom stereocenters. The predicted octanol–water partition coefficient (Wildman–Crippen LogP) is 1.82. The molecular formula is C9H16N2. The minimum absolute atomic E-state index is 0.157. The SMILES string of the molecule is CCC(C)NC1(C#N)CCC1. The Kier molecular flexibility index (Phi) is 2.51. The van der Waals surface area contributed by atoms with Crippen molar-refractivity contribution in [3.63, 3.8) is 0 Å². The van der Waals surface area contributed by atoms with Crippen molar-refractivity contribution in [1.29, 1.82) is 5.26 Å². The summed E-state index contributed by atoms with van der Waals surface area (Å²) < 4.78 is 0. The maximum atomic E-state index is 8.87. The van der Waals surface area contributed by atoms with Gasteiger partial charge in [-0.15, -0.1) is 0 Å². The highest BCUT2D eigenvalue weighted by molar-refractivity contribution is 5.13. The molecule has 0 radical (unpaired) electrons. The second-order valence-electron chi connectivity index (χ2n) is 3.50. The molecule has 1 fully saturated rings. The third-order valence-electron chi connectivity index (χ3n) is 2.56. The van der Waals surface area contributed by atoms with Gasteiger partial charge in [-0.05, 0) is 32.6 Å². The molecule has 11 heavy (non-hydrogen) atoms. The Labute approximate surface area is 68.6 Å². The van der Waals surface area contributed by atoms with Crippen LogP contribution in [0.1, 0.15) is 39.5 Å². The summed E-state index contributed by atoms with van der Waals surface area (Å²) in [4.78, 5) is 0. The Morgan fingerprint density at radius 1 is 1.64 bits per heavy atom. The molecule has 0 amide bonds. The van der Waals surface area contributed by atoms with Gasteiger partial charge in [0.05, 0.1) is 6.07 Å². The van der Waals surface area contributed by atoms with Crippen LogP contribution in [0.15, 0.2) is 0 Å². The van der Waals surface area contributed by atoms with Crippen LogP contribution in [-0.4, -0.2) is 11.6 Å². The van der Waals surface area contributed by atoms with Crippen molar-refractivity contribution in [3.8, 4) is 6.07 Å². The monoisotopic (exact) mass is 152 g/mol. The Morgan fingerprint density at radius 2 is 2.27 bits per heavy atom. The molecule has 1 aliphatic carbocycles. The van der Waals surface area contributed by atoms with Gasteiger partial charge in [0.15, 0.2) is 0 Å². The first kappa shape index (κ1) is 8.55. The fourth-order valence-electron chi connectivity index (χ4n) is 1.39. The molecule has 2 nitrogen and oxygen atoms in total. The summed E-state index contributed by atoms with van der Waals surface area (Å²) in [6.07, 6.45) is 4.38. The molecule has 1 unspecified atom stereocenters. The van der Waals surface area contributed by atoms with E-state index in [1.807, 2.05) is 0 Å². The number of nitriles is 1. The van der Waals surface area contributed by atoms with E-state index in [4.69, 9.17) is 5.26 Å². The molecule has 0 spiro atoms. The van der Waals surface area contributed by atoms with Crippen molar-refractivity contribution >= 4 is 0 Å². The molecule has 0 aliphatic heterocycles. The van der Waals surface area contributed by atoms with E-state index in [-0.39, 0.29) is 5.54 Å². The highest BCUT2D eigenvalue weighted by Gasteiger charge is 2.37. The Morgan fingerprint density at radius 3 is 2.55 bits per heavy atom. The van der Waals surface area contributed by atoms with Crippen LogP contribution in [0.3, 0.4) is 0 Å². The number of rotatable bonds is 3. The molecule has 1 rings (SSSR count).